The SMILES string of the molecule is CC12C=C(c3ccccc3)N(CCC1)N2Cc1ccccc1. The molecule has 1 fully saturated rings. The summed E-state index contributed by atoms with van der Waals surface area (Å²) in [6.45, 7) is 4.46. The van der Waals surface area contributed by atoms with Crippen molar-refractivity contribution >= 4 is 5.70 Å². The Morgan fingerprint density at radius 1 is 0.955 bits per heavy atom. The molecule has 0 aromatic heterocycles. The van der Waals surface area contributed by atoms with Gasteiger partial charge in [-0.15, -0.1) is 0 Å². The Labute approximate surface area is 132 Å². The normalized spacial score (nSPS) is 24.4. The fraction of sp³-hybridized carbons (Fsp3) is 0.300. The molecule has 2 heterocycles. The van der Waals surface area contributed by atoms with E-state index in [0.717, 1.165) is 13.1 Å². The highest BCUT2D eigenvalue weighted by molar-refractivity contribution is 5.67. The van der Waals surface area contributed by atoms with Crippen molar-refractivity contribution in [3.63, 3.8) is 0 Å². The van der Waals surface area contributed by atoms with Gasteiger partial charge in [0.2, 0.25) is 0 Å². The fourth-order valence-corrected chi connectivity index (χ4v) is 3.74. The van der Waals surface area contributed by atoms with E-state index < -0.39 is 0 Å². The van der Waals surface area contributed by atoms with E-state index >= 15 is 0 Å². The third kappa shape index (κ3) is 2.24. The Hall–Kier alpha value is -2.06. The summed E-state index contributed by atoms with van der Waals surface area (Å²) >= 11 is 0. The van der Waals surface area contributed by atoms with E-state index in [1.165, 1.54) is 29.7 Å². The van der Waals surface area contributed by atoms with E-state index in [1.54, 1.807) is 0 Å². The maximum atomic E-state index is 2.55. The minimum absolute atomic E-state index is 0.138. The number of fused-ring (bicyclic) bond motifs is 2. The van der Waals surface area contributed by atoms with Crippen LogP contribution in [0.3, 0.4) is 0 Å². The van der Waals surface area contributed by atoms with Gasteiger partial charge < -0.3 is 5.01 Å². The maximum absolute atomic E-state index is 2.55. The van der Waals surface area contributed by atoms with Crippen LogP contribution in [0.2, 0.25) is 0 Å². The van der Waals surface area contributed by atoms with Crippen LogP contribution in [0.25, 0.3) is 5.70 Å². The Morgan fingerprint density at radius 2 is 1.64 bits per heavy atom. The highest BCUT2D eigenvalue weighted by atomic mass is 15.7. The summed E-state index contributed by atoms with van der Waals surface area (Å²) in [6, 6.07) is 21.6. The van der Waals surface area contributed by atoms with Gasteiger partial charge in [-0.25, -0.2) is 5.01 Å². The van der Waals surface area contributed by atoms with Gasteiger partial charge in [0.15, 0.2) is 0 Å². The molecular formula is C20H22N2. The average Bonchev–Trinajstić information content (AvgIpc) is 2.71. The summed E-state index contributed by atoms with van der Waals surface area (Å²) in [5, 5.41) is 5.04. The van der Waals surface area contributed by atoms with E-state index in [-0.39, 0.29) is 5.54 Å². The predicted octanol–water partition coefficient (Wildman–Crippen LogP) is 4.31. The van der Waals surface area contributed by atoms with Crippen molar-refractivity contribution in [2.75, 3.05) is 6.54 Å². The summed E-state index contributed by atoms with van der Waals surface area (Å²) in [5.41, 5.74) is 4.21. The lowest BCUT2D eigenvalue weighted by Crippen LogP contribution is -2.52. The highest BCUT2D eigenvalue weighted by Crippen LogP contribution is 2.43. The number of rotatable bonds is 3. The van der Waals surface area contributed by atoms with Crippen LogP contribution in [0.5, 0.6) is 0 Å². The van der Waals surface area contributed by atoms with E-state index in [1.807, 2.05) is 0 Å². The van der Waals surface area contributed by atoms with E-state index in [2.05, 4.69) is 83.7 Å². The van der Waals surface area contributed by atoms with Crippen molar-refractivity contribution in [1.82, 2.24) is 10.0 Å². The zero-order valence-electron chi connectivity index (χ0n) is 13.1. The third-order valence-electron chi connectivity index (χ3n) is 4.90. The van der Waals surface area contributed by atoms with Gasteiger partial charge in [0.25, 0.3) is 0 Å². The van der Waals surface area contributed by atoms with Crippen LogP contribution in [0.15, 0.2) is 66.7 Å². The first-order valence-electron chi connectivity index (χ1n) is 8.14. The minimum atomic E-state index is 0.138. The van der Waals surface area contributed by atoms with Gasteiger partial charge in [0.1, 0.15) is 0 Å². The maximum Gasteiger partial charge on any atom is 0.0582 e. The second-order valence-electron chi connectivity index (χ2n) is 6.52. The number of hydrogen-bond donors (Lipinski definition) is 0. The Balaban J connectivity index is 1.68. The standard InChI is InChI=1S/C20H22N2/c1-20-13-8-14-21(19(15-20)18-11-6-3-7-12-18)22(20)16-17-9-4-2-5-10-17/h2-7,9-12,15H,8,13-14,16H2,1H3. The van der Waals surface area contributed by atoms with Gasteiger partial charge in [-0.2, -0.15) is 0 Å². The van der Waals surface area contributed by atoms with Crippen molar-refractivity contribution in [2.45, 2.75) is 31.8 Å². The van der Waals surface area contributed by atoms with Crippen LogP contribution in [-0.4, -0.2) is 22.1 Å². The van der Waals surface area contributed by atoms with E-state index in [9.17, 15) is 0 Å². The first-order chi connectivity index (χ1) is 10.8. The van der Waals surface area contributed by atoms with Crippen LogP contribution in [0, 0.1) is 0 Å². The monoisotopic (exact) mass is 290 g/mol. The summed E-state index contributed by atoms with van der Waals surface area (Å²) in [6.07, 6.45) is 4.96. The van der Waals surface area contributed by atoms with Gasteiger partial charge >= 0.3 is 0 Å². The van der Waals surface area contributed by atoms with Crippen molar-refractivity contribution in [2.24, 2.45) is 0 Å². The second-order valence-corrected chi connectivity index (χ2v) is 6.52. The number of nitrogens with zero attached hydrogens (tertiary/aromatic N) is 2. The molecule has 4 rings (SSSR count). The molecule has 0 aliphatic carbocycles. The van der Waals surface area contributed by atoms with Gasteiger partial charge in [-0.05, 0) is 37.0 Å². The predicted molar refractivity (Wildman–Crippen MR) is 90.7 cm³/mol. The molecular weight excluding hydrogens is 268 g/mol. The third-order valence-corrected chi connectivity index (χ3v) is 4.90. The summed E-state index contributed by atoms with van der Waals surface area (Å²) in [5.74, 6) is 0. The van der Waals surface area contributed by atoms with E-state index in [4.69, 9.17) is 0 Å². The zero-order valence-corrected chi connectivity index (χ0v) is 13.1. The lowest BCUT2D eigenvalue weighted by molar-refractivity contribution is -0.0614. The summed E-state index contributed by atoms with van der Waals surface area (Å²) < 4.78 is 0. The number of benzene rings is 2. The zero-order chi connectivity index (χ0) is 15.0. The van der Waals surface area contributed by atoms with Crippen LogP contribution < -0.4 is 0 Å². The number of hydrazine groups is 1. The molecule has 2 aromatic carbocycles. The average molecular weight is 290 g/mol. The molecule has 0 amide bonds. The molecule has 0 saturated carbocycles. The molecule has 1 unspecified atom stereocenters. The minimum Gasteiger partial charge on any atom is -0.304 e. The lowest BCUT2D eigenvalue weighted by atomic mass is 9.93. The molecule has 0 N–H and O–H groups in total. The molecule has 112 valence electrons. The van der Waals surface area contributed by atoms with Gasteiger partial charge in [-0.3, -0.25) is 0 Å². The largest absolute Gasteiger partial charge is 0.304 e. The van der Waals surface area contributed by atoms with Gasteiger partial charge in [-0.1, -0.05) is 60.7 Å². The van der Waals surface area contributed by atoms with Gasteiger partial charge in [0.05, 0.1) is 11.2 Å². The molecule has 22 heavy (non-hydrogen) atoms. The second kappa shape index (κ2) is 5.29. The Morgan fingerprint density at radius 3 is 2.36 bits per heavy atom. The first kappa shape index (κ1) is 13.6. The van der Waals surface area contributed by atoms with Crippen molar-refractivity contribution < 1.29 is 0 Å². The number of hydrogen-bond acceptors (Lipinski definition) is 2. The van der Waals surface area contributed by atoms with Crippen LogP contribution in [-0.2, 0) is 6.54 Å². The molecule has 1 saturated heterocycles. The first-order valence-corrected chi connectivity index (χ1v) is 8.14. The van der Waals surface area contributed by atoms with Crippen molar-refractivity contribution in [1.29, 1.82) is 0 Å². The van der Waals surface area contributed by atoms with Crippen molar-refractivity contribution in [3.05, 3.63) is 77.9 Å². The molecule has 2 aromatic rings. The van der Waals surface area contributed by atoms with Crippen LogP contribution >= 0.6 is 0 Å². The van der Waals surface area contributed by atoms with Crippen LogP contribution in [0.4, 0.5) is 0 Å². The lowest BCUT2D eigenvalue weighted by Gasteiger charge is -2.45. The molecule has 2 bridgehead atoms. The topological polar surface area (TPSA) is 6.48 Å². The highest BCUT2D eigenvalue weighted by Gasteiger charge is 2.44. The fourth-order valence-electron chi connectivity index (χ4n) is 3.74. The van der Waals surface area contributed by atoms with Gasteiger partial charge in [0, 0.05) is 13.1 Å². The smallest absolute Gasteiger partial charge is 0.0582 e. The van der Waals surface area contributed by atoms with E-state index in [0.29, 0.717) is 0 Å². The molecule has 0 radical (unpaired) electrons. The van der Waals surface area contributed by atoms with Crippen LogP contribution in [0.1, 0.15) is 30.9 Å². The molecule has 2 nitrogen and oxygen atoms in total. The Kier molecular flexibility index (Phi) is 3.27. The molecule has 2 aliphatic heterocycles. The quantitative estimate of drug-likeness (QED) is 0.831. The molecule has 2 aliphatic rings. The van der Waals surface area contributed by atoms with Crippen molar-refractivity contribution in [3.8, 4) is 0 Å². The Bertz CT molecular complexity index is 677. The summed E-state index contributed by atoms with van der Waals surface area (Å²) in [7, 11) is 0. The molecule has 1 atom stereocenters. The summed E-state index contributed by atoms with van der Waals surface area (Å²) in [4.78, 5) is 0. The molecule has 0 spiro atoms. The molecule has 2 heteroatoms.